The number of nitrogens with zero attached hydrogens (tertiary/aromatic N) is 2. The lowest BCUT2D eigenvalue weighted by atomic mass is 9.97. The second kappa shape index (κ2) is 13.0. The summed E-state index contributed by atoms with van der Waals surface area (Å²) in [6.07, 6.45) is 4.37. The number of methoxy groups -OCH3 is 1. The Bertz CT molecular complexity index is 1230. The van der Waals surface area contributed by atoms with Crippen LogP contribution in [0.2, 0.25) is 0 Å². The first-order valence-electron chi connectivity index (χ1n) is 13.9. The van der Waals surface area contributed by atoms with Crippen molar-refractivity contribution in [3.63, 3.8) is 0 Å². The smallest absolute Gasteiger partial charge is 0.247 e. The number of likely N-dealkylation sites (tertiary alicyclic amines) is 1. The molecule has 0 radical (unpaired) electrons. The molecule has 5 atom stereocenters. The van der Waals surface area contributed by atoms with Gasteiger partial charge in [-0.05, 0) is 56.3 Å². The minimum atomic E-state index is -0.899. The second-order valence-electron chi connectivity index (χ2n) is 10.7. The highest BCUT2D eigenvalue weighted by Gasteiger charge is 2.46. The Morgan fingerprint density at radius 1 is 1.15 bits per heavy atom. The third-order valence-corrected chi connectivity index (χ3v) is 7.84. The fourth-order valence-corrected chi connectivity index (χ4v) is 5.30. The number of carbonyl (C=O) groups is 3. The molecule has 2 heterocycles. The van der Waals surface area contributed by atoms with Gasteiger partial charge in [-0.3, -0.25) is 19.3 Å². The van der Waals surface area contributed by atoms with Gasteiger partial charge < -0.3 is 25.0 Å². The van der Waals surface area contributed by atoms with Crippen LogP contribution in [0.25, 0.3) is 6.08 Å². The van der Waals surface area contributed by atoms with Gasteiger partial charge in [0.1, 0.15) is 29.7 Å². The second-order valence-corrected chi connectivity index (χ2v) is 10.7. The van der Waals surface area contributed by atoms with Gasteiger partial charge >= 0.3 is 0 Å². The van der Waals surface area contributed by atoms with E-state index >= 15 is 0 Å². The zero-order chi connectivity index (χ0) is 28.8. The van der Waals surface area contributed by atoms with E-state index in [-0.39, 0.29) is 17.7 Å². The normalized spacial score (nSPS) is 22.6. The number of hydrogen-bond acceptors (Lipinski definition) is 6. The molecule has 2 N–H and O–H groups in total. The van der Waals surface area contributed by atoms with Crippen LogP contribution in [0.15, 0.2) is 54.7 Å². The van der Waals surface area contributed by atoms with Crippen LogP contribution in [-0.4, -0.2) is 79.5 Å². The minimum Gasteiger partial charge on any atom is -0.496 e. The molecule has 4 rings (SSSR count). The standard InChI is InChI=1S/C31H40N4O5/c1-6-20(2)27-29(36)32-16-14-22-19-23(12-13-25(22)39-5)40-26-15-17-35(28(26)30(37)33-27)31(38)24(34(3)4)18-21-10-8-7-9-11-21/h7-14,16,19-20,24,26-28H,6,15,17-18H2,1-5H3,(H,32,36)(H,33,37)/t20-,24-,26-,27-,28-/m0/s1. The molecule has 2 bridgehead atoms. The number of amides is 3. The molecule has 0 aliphatic carbocycles. The Morgan fingerprint density at radius 2 is 1.90 bits per heavy atom. The van der Waals surface area contributed by atoms with E-state index in [2.05, 4.69) is 10.6 Å². The number of nitrogens with one attached hydrogen (secondary N) is 2. The van der Waals surface area contributed by atoms with E-state index in [1.807, 2.05) is 69.2 Å². The SMILES string of the molecule is CC[C@H](C)[C@@H]1NC(=O)[C@@H]2[C@H](CCN2C(=O)[C@H](Cc2ccccc2)N(C)C)Oc2ccc(OC)c(c2)C=CNC1=O. The van der Waals surface area contributed by atoms with E-state index in [1.165, 1.54) is 0 Å². The van der Waals surface area contributed by atoms with Crippen molar-refractivity contribution in [2.45, 2.75) is 57.3 Å². The number of fused-ring (bicyclic) bond motifs is 3. The number of benzene rings is 2. The highest BCUT2D eigenvalue weighted by atomic mass is 16.5. The molecule has 0 aromatic heterocycles. The van der Waals surface area contributed by atoms with Gasteiger partial charge in [0.05, 0.1) is 13.2 Å². The topological polar surface area (TPSA) is 100 Å². The van der Waals surface area contributed by atoms with Gasteiger partial charge in [-0.1, -0.05) is 50.6 Å². The Labute approximate surface area is 236 Å². The average molecular weight is 549 g/mol. The summed E-state index contributed by atoms with van der Waals surface area (Å²) < 4.78 is 11.9. The van der Waals surface area contributed by atoms with Crippen molar-refractivity contribution < 1.29 is 23.9 Å². The molecule has 214 valence electrons. The Morgan fingerprint density at radius 3 is 2.58 bits per heavy atom. The zero-order valence-electron chi connectivity index (χ0n) is 23.9. The van der Waals surface area contributed by atoms with Crippen molar-refractivity contribution in [3.05, 3.63) is 65.9 Å². The molecule has 2 aliphatic heterocycles. The summed E-state index contributed by atoms with van der Waals surface area (Å²) in [6, 6.07) is 13.1. The van der Waals surface area contributed by atoms with Gasteiger partial charge in [0.25, 0.3) is 0 Å². The first kappa shape index (κ1) is 29.1. The van der Waals surface area contributed by atoms with Crippen molar-refractivity contribution in [1.29, 1.82) is 0 Å². The van der Waals surface area contributed by atoms with Crippen LogP contribution in [0.4, 0.5) is 0 Å². The molecule has 9 heteroatoms. The van der Waals surface area contributed by atoms with Crippen LogP contribution in [0.5, 0.6) is 11.5 Å². The molecule has 40 heavy (non-hydrogen) atoms. The summed E-state index contributed by atoms with van der Waals surface area (Å²) in [5.41, 5.74) is 1.75. The first-order valence-corrected chi connectivity index (χ1v) is 13.9. The summed E-state index contributed by atoms with van der Waals surface area (Å²) in [4.78, 5) is 44.7. The summed E-state index contributed by atoms with van der Waals surface area (Å²) in [7, 11) is 5.32. The number of likely N-dealkylation sites (N-methyl/N-ethyl adjacent to an activating group) is 1. The summed E-state index contributed by atoms with van der Waals surface area (Å²) >= 11 is 0. The first-order chi connectivity index (χ1) is 19.2. The van der Waals surface area contributed by atoms with Crippen LogP contribution in [0.3, 0.4) is 0 Å². The lowest BCUT2D eigenvalue weighted by Gasteiger charge is -2.34. The monoisotopic (exact) mass is 548 g/mol. The number of carbonyl (C=O) groups excluding carboxylic acids is 3. The number of rotatable bonds is 7. The van der Waals surface area contributed by atoms with Gasteiger partial charge in [-0.25, -0.2) is 0 Å². The largest absolute Gasteiger partial charge is 0.496 e. The lowest BCUT2D eigenvalue weighted by molar-refractivity contribution is -0.144. The van der Waals surface area contributed by atoms with Crippen LogP contribution in [0, 0.1) is 5.92 Å². The third kappa shape index (κ3) is 6.47. The van der Waals surface area contributed by atoms with Gasteiger partial charge in [-0.2, -0.15) is 0 Å². The van der Waals surface area contributed by atoms with Gasteiger partial charge in [-0.15, -0.1) is 0 Å². The summed E-state index contributed by atoms with van der Waals surface area (Å²) in [5.74, 6) is 0.175. The Kier molecular flexibility index (Phi) is 9.47. The maximum Gasteiger partial charge on any atom is 0.247 e. The molecule has 9 nitrogen and oxygen atoms in total. The molecule has 2 aromatic carbocycles. The van der Waals surface area contributed by atoms with E-state index in [1.54, 1.807) is 36.4 Å². The molecule has 1 saturated heterocycles. The number of ether oxygens (including phenoxy) is 2. The van der Waals surface area contributed by atoms with Crippen LogP contribution < -0.4 is 20.1 Å². The zero-order valence-corrected chi connectivity index (χ0v) is 23.9. The maximum absolute atomic E-state index is 14.1. The highest BCUT2D eigenvalue weighted by Crippen LogP contribution is 2.30. The molecular weight excluding hydrogens is 508 g/mol. The van der Waals surface area contributed by atoms with Crippen LogP contribution in [0.1, 0.15) is 37.8 Å². The molecule has 0 saturated carbocycles. The van der Waals surface area contributed by atoms with Crippen molar-refractivity contribution in [2.75, 3.05) is 27.7 Å². The Balaban J connectivity index is 1.71. The Hall–Kier alpha value is -3.85. The average Bonchev–Trinajstić information content (AvgIpc) is 3.37. The predicted molar refractivity (Wildman–Crippen MR) is 154 cm³/mol. The molecule has 2 aliphatic rings. The van der Waals surface area contributed by atoms with Gasteiger partial charge in [0.15, 0.2) is 0 Å². The molecule has 1 fully saturated rings. The van der Waals surface area contributed by atoms with Crippen molar-refractivity contribution in [3.8, 4) is 11.5 Å². The fraction of sp³-hybridized carbons (Fsp3) is 0.452. The van der Waals surface area contributed by atoms with E-state index < -0.39 is 30.1 Å². The number of hydrogen-bond donors (Lipinski definition) is 2. The minimum absolute atomic E-state index is 0.129. The van der Waals surface area contributed by atoms with Gasteiger partial charge in [0, 0.05) is 24.7 Å². The van der Waals surface area contributed by atoms with Crippen LogP contribution in [-0.2, 0) is 20.8 Å². The molecule has 0 unspecified atom stereocenters. The fourth-order valence-electron chi connectivity index (χ4n) is 5.30. The van der Waals surface area contributed by atoms with E-state index in [4.69, 9.17) is 9.47 Å². The predicted octanol–water partition coefficient (Wildman–Crippen LogP) is 2.85. The van der Waals surface area contributed by atoms with E-state index in [9.17, 15) is 14.4 Å². The van der Waals surface area contributed by atoms with Crippen molar-refractivity contribution in [2.24, 2.45) is 5.92 Å². The molecular formula is C31H40N4O5. The molecule has 2 aromatic rings. The highest BCUT2D eigenvalue weighted by molar-refractivity contribution is 5.94. The third-order valence-electron chi connectivity index (χ3n) is 7.84. The molecule has 0 spiro atoms. The summed E-state index contributed by atoms with van der Waals surface area (Å²) in [6.45, 7) is 4.26. The molecule has 3 amide bonds. The maximum atomic E-state index is 14.1. The quantitative estimate of drug-likeness (QED) is 0.552. The lowest BCUT2D eigenvalue weighted by Crippen LogP contribution is -2.59. The van der Waals surface area contributed by atoms with Crippen molar-refractivity contribution >= 4 is 23.8 Å². The van der Waals surface area contributed by atoms with E-state index in [0.29, 0.717) is 37.3 Å². The van der Waals surface area contributed by atoms with Crippen molar-refractivity contribution in [1.82, 2.24) is 20.4 Å². The van der Waals surface area contributed by atoms with E-state index in [0.717, 1.165) is 11.1 Å². The van der Waals surface area contributed by atoms with Crippen LogP contribution >= 0.6 is 0 Å². The van der Waals surface area contributed by atoms with Gasteiger partial charge in [0.2, 0.25) is 17.7 Å². The summed E-state index contributed by atoms with van der Waals surface area (Å²) in [5, 5.41) is 5.77.